The zero-order chi connectivity index (χ0) is 13.1. The molecule has 0 atom stereocenters. The van der Waals surface area contributed by atoms with Gasteiger partial charge < -0.3 is 11.1 Å². The summed E-state index contributed by atoms with van der Waals surface area (Å²) < 4.78 is 0. The molecule has 18 heavy (non-hydrogen) atoms. The van der Waals surface area contributed by atoms with Crippen molar-refractivity contribution >= 4 is 34.6 Å². The zero-order valence-electron chi connectivity index (χ0n) is 10.0. The van der Waals surface area contributed by atoms with Crippen LogP contribution in [0, 0.1) is 6.92 Å². The number of nitrogens with one attached hydrogen (secondary N) is 1. The molecule has 94 valence electrons. The van der Waals surface area contributed by atoms with Crippen molar-refractivity contribution in [3.63, 3.8) is 0 Å². The smallest absolute Gasteiger partial charge is 0.0591 e. The Labute approximate surface area is 117 Å². The molecule has 0 saturated carbocycles. The number of hydrogen-bond donors (Lipinski definition) is 2. The monoisotopic (exact) mass is 280 g/mol. The summed E-state index contributed by atoms with van der Waals surface area (Å²) >= 11 is 12.0. The van der Waals surface area contributed by atoms with Crippen LogP contribution in [0.4, 0.5) is 11.4 Å². The highest BCUT2D eigenvalue weighted by Crippen LogP contribution is 2.27. The Morgan fingerprint density at radius 1 is 1.17 bits per heavy atom. The molecule has 0 bridgehead atoms. The van der Waals surface area contributed by atoms with Gasteiger partial charge in [-0.05, 0) is 42.3 Å². The summed E-state index contributed by atoms with van der Waals surface area (Å²) in [5.41, 5.74) is 9.54. The maximum absolute atomic E-state index is 6.08. The molecule has 0 unspecified atom stereocenters. The Bertz CT molecular complexity index is 568. The molecular weight excluding hydrogens is 267 g/mol. The van der Waals surface area contributed by atoms with Crippen LogP contribution in [0.5, 0.6) is 0 Å². The standard InChI is InChI=1S/C14H14Cl2N2/c1-9-5-13(17)14(7-12(9)16)18-8-10-3-2-4-11(15)6-10/h2-7,18H,8,17H2,1H3. The fourth-order valence-electron chi connectivity index (χ4n) is 1.70. The average molecular weight is 281 g/mol. The van der Waals surface area contributed by atoms with Gasteiger partial charge in [0.15, 0.2) is 0 Å². The summed E-state index contributed by atoms with van der Waals surface area (Å²) in [5, 5.41) is 4.69. The number of aryl methyl sites for hydroxylation is 1. The van der Waals surface area contributed by atoms with Crippen LogP contribution in [0.3, 0.4) is 0 Å². The minimum absolute atomic E-state index is 0.657. The Morgan fingerprint density at radius 3 is 2.67 bits per heavy atom. The zero-order valence-corrected chi connectivity index (χ0v) is 11.5. The van der Waals surface area contributed by atoms with E-state index in [0.717, 1.165) is 21.8 Å². The van der Waals surface area contributed by atoms with E-state index in [0.29, 0.717) is 17.3 Å². The van der Waals surface area contributed by atoms with Crippen molar-refractivity contribution in [1.29, 1.82) is 0 Å². The molecule has 0 heterocycles. The maximum atomic E-state index is 6.08. The number of anilines is 2. The highest BCUT2D eigenvalue weighted by atomic mass is 35.5. The quantitative estimate of drug-likeness (QED) is 0.813. The number of benzene rings is 2. The van der Waals surface area contributed by atoms with E-state index in [1.165, 1.54) is 0 Å². The van der Waals surface area contributed by atoms with E-state index in [1.54, 1.807) is 0 Å². The first-order valence-corrected chi connectivity index (χ1v) is 6.36. The van der Waals surface area contributed by atoms with Crippen molar-refractivity contribution in [2.24, 2.45) is 0 Å². The average Bonchev–Trinajstić information content (AvgIpc) is 2.32. The van der Waals surface area contributed by atoms with Gasteiger partial charge in [-0.2, -0.15) is 0 Å². The van der Waals surface area contributed by atoms with Gasteiger partial charge >= 0.3 is 0 Å². The van der Waals surface area contributed by atoms with Gasteiger partial charge in [-0.1, -0.05) is 35.3 Å². The van der Waals surface area contributed by atoms with Crippen LogP contribution >= 0.6 is 23.2 Å². The van der Waals surface area contributed by atoms with E-state index in [-0.39, 0.29) is 0 Å². The number of halogens is 2. The molecule has 2 aromatic rings. The highest BCUT2D eigenvalue weighted by Gasteiger charge is 2.03. The lowest BCUT2D eigenvalue weighted by atomic mass is 10.1. The molecule has 0 aliphatic carbocycles. The summed E-state index contributed by atoms with van der Waals surface area (Å²) in [6.07, 6.45) is 0. The van der Waals surface area contributed by atoms with Gasteiger partial charge in [-0.25, -0.2) is 0 Å². The Hall–Kier alpha value is -1.38. The molecule has 0 amide bonds. The molecule has 0 fully saturated rings. The summed E-state index contributed by atoms with van der Waals surface area (Å²) in [6.45, 7) is 2.59. The van der Waals surface area contributed by atoms with Crippen molar-refractivity contribution in [3.8, 4) is 0 Å². The fourth-order valence-corrected chi connectivity index (χ4v) is 2.08. The Balaban J connectivity index is 2.13. The molecule has 0 spiro atoms. The second kappa shape index (κ2) is 5.51. The topological polar surface area (TPSA) is 38.0 Å². The number of rotatable bonds is 3. The van der Waals surface area contributed by atoms with E-state index in [2.05, 4.69) is 5.32 Å². The molecule has 0 saturated heterocycles. The Kier molecular flexibility index (Phi) is 4.00. The third-order valence-electron chi connectivity index (χ3n) is 2.70. The van der Waals surface area contributed by atoms with Gasteiger partial charge in [0.05, 0.1) is 11.4 Å². The lowest BCUT2D eigenvalue weighted by Crippen LogP contribution is -2.03. The molecule has 0 aromatic heterocycles. The lowest BCUT2D eigenvalue weighted by molar-refractivity contribution is 1.15. The Morgan fingerprint density at radius 2 is 1.94 bits per heavy atom. The second-order valence-electron chi connectivity index (χ2n) is 4.17. The van der Waals surface area contributed by atoms with E-state index in [4.69, 9.17) is 28.9 Å². The first-order valence-electron chi connectivity index (χ1n) is 5.60. The minimum atomic E-state index is 0.657. The number of hydrogen-bond acceptors (Lipinski definition) is 2. The van der Waals surface area contributed by atoms with Gasteiger partial charge in [0, 0.05) is 16.6 Å². The summed E-state index contributed by atoms with van der Waals surface area (Å²) in [5.74, 6) is 0. The molecule has 4 heteroatoms. The van der Waals surface area contributed by atoms with Gasteiger partial charge in [0.2, 0.25) is 0 Å². The van der Waals surface area contributed by atoms with Crippen molar-refractivity contribution < 1.29 is 0 Å². The van der Waals surface area contributed by atoms with Gasteiger partial charge in [-0.3, -0.25) is 0 Å². The van der Waals surface area contributed by atoms with Crippen LogP contribution in [-0.2, 0) is 6.54 Å². The number of nitrogen functional groups attached to an aromatic ring is 1. The third kappa shape index (κ3) is 3.09. The predicted octanol–water partition coefficient (Wildman–Crippen LogP) is 4.50. The molecular formula is C14H14Cl2N2. The molecule has 2 rings (SSSR count). The van der Waals surface area contributed by atoms with E-state index >= 15 is 0 Å². The molecule has 2 nitrogen and oxygen atoms in total. The maximum Gasteiger partial charge on any atom is 0.0591 e. The first kappa shape index (κ1) is 13.1. The minimum Gasteiger partial charge on any atom is -0.397 e. The second-order valence-corrected chi connectivity index (χ2v) is 5.02. The summed E-state index contributed by atoms with van der Waals surface area (Å²) in [6, 6.07) is 11.4. The van der Waals surface area contributed by atoms with Crippen LogP contribution in [-0.4, -0.2) is 0 Å². The largest absolute Gasteiger partial charge is 0.397 e. The van der Waals surface area contributed by atoms with Crippen LogP contribution in [0.1, 0.15) is 11.1 Å². The molecule has 3 N–H and O–H groups in total. The molecule has 0 radical (unpaired) electrons. The molecule has 0 aliphatic heterocycles. The van der Waals surface area contributed by atoms with Crippen LogP contribution in [0.15, 0.2) is 36.4 Å². The summed E-state index contributed by atoms with van der Waals surface area (Å²) in [4.78, 5) is 0. The predicted molar refractivity (Wildman–Crippen MR) is 79.4 cm³/mol. The van der Waals surface area contributed by atoms with E-state index in [9.17, 15) is 0 Å². The highest BCUT2D eigenvalue weighted by molar-refractivity contribution is 6.31. The van der Waals surface area contributed by atoms with Crippen LogP contribution < -0.4 is 11.1 Å². The first-order chi connectivity index (χ1) is 8.56. The molecule has 0 aliphatic rings. The van der Waals surface area contributed by atoms with Crippen molar-refractivity contribution in [2.45, 2.75) is 13.5 Å². The van der Waals surface area contributed by atoms with Crippen LogP contribution in [0.25, 0.3) is 0 Å². The van der Waals surface area contributed by atoms with Crippen LogP contribution in [0.2, 0.25) is 10.0 Å². The number of nitrogens with two attached hydrogens (primary N) is 1. The van der Waals surface area contributed by atoms with E-state index < -0.39 is 0 Å². The van der Waals surface area contributed by atoms with Crippen molar-refractivity contribution in [2.75, 3.05) is 11.1 Å². The summed E-state index contributed by atoms with van der Waals surface area (Å²) in [7, 11) is 0. The van der Waals surface area contributed by atoms with Gasteiger partial charge in [-0.15, -0.1) is 0 Å². The normalized spacial score (nSPS) is 10.4. The van der Waals surface area contributed by atoms with Gasteiger partial charge in [0.1, 0.15) is 0 Å². The third-order valence-corrected chi connectivity index (χ3v) is 3.35. The SMILES string of the molecule is Cc1cc(N)c(NCc2cccc(Cl)c2)cc1Cl. The van der Waals surface area contributed by atoms with Gasteiger partial charge in [0.25, 0.3) is 0 Å². The van der Waals surface area contributed by atoms with Crippen molar-refractivity contribution in [3.05, 3.63) is 57.6 Å². The lowest BCUT2D eigenvalue weighted by Gasteiger charge is -2.11. The van der Waals surface area contributed by atoms with Crippen molar-refractivity contribution in [1.82, 2.24) is 0 Å². The van der Waals surface area contributed by atoms with E-state index in [1.807, 2.05) is 43.3 Å². The molecule has 2 aromatic carbocycles. The fraction of sp³-hybridized carbons (Fsp3) is 0.143.